The van der Waals surface area contributed by atoms with Gasteiger partial charge in [0.15, 0.2) is 0 Å². The smallest absolute Gasteiger partial charge is 0.254 e. The lowest BCUT2D eigenvalue weighted by atomic mass is 9.83. The largest absolute Gasteiger partial charge is 0.346 e. The van der Waals surface area contributed by atoms with Gasteiger partial charge in [0.2, 0.25) is 0 Å². The zero-order valence-corrected chi connectivity index (χ0v) is 21.5. The van der Waals surface area contributed by atoms with Gasteiger partial charge in [-0.05, 0) is 37.1 Å². The molecule has 2 aliphatic rings. The van der Waals surface area contributed by atoms with E-state index in [1.807, 2.05) is 23.0 Å². The summed E-state index contributed by atoms with van der Waals surface area (Å²) in [4.78, 5) is 24.4. The fourth-order valence-electron chi connectivity index (χ4n) is 5.96. The Balaban J connectivity index is 1.15. The van der Waals surface area contributed by atoms with Crippen LogP contribution in [0.1, 0.15) is 40.7 Å². The Morgan fingerprint density at radius 1 is 1.12 bits per heavy atom. The summed E-state index contributed by atoms with van der Waals surface area (Å²) < 4.78 is 15.7. The molecule has 10 nitrogen and oxygen atoms in total. The molecule has 0 atom stereocenters. The number of piperidine rings is 1. The molecule has 1 amide bonds. The summed E-state index contributed by atoms with van der Waals surface area (Å²) in [7, 11) is 0. The summed E-state index contributed by atoms with van der Waals surface area (Å²) in [6, 6.07) is 12.3. The lowest BCUT2D eigenvalue weighted by Crippen LogP contribution is -2.66. The Kier molecular flexibility index (Phi) is 6.26. The Labute approximate surface area is 229 Å². The molecular formula is C29H24FN9O. The summed E-state index contributed by atoms with van der Waals surface area (Å²) in [5.41, 5.74) is 2.54. The molecule has 4 aromatic rings. The summed E-state index contributed by atoms with van der Waals surface area (Å²) in [6.45, 7) is 2.36. The highest BCUT2D eigenvalue weighted by Crippen LogP contribution is 2.38. The SMILES string of the molecule is N#CCC1(n2cc(-c3c(C#N)cnc4[nH]ccc34)cn2)CN(C2CCN(C(=O)c3cc(F)cc(C#N)c3)CC2)C1. The molecule has 2 aliphatic heterocycles. The second kappa shape index (κ2) is 9.92. The highest BCUT2D eigenvalue weighted by atomic mass is 19.1. The maximum absolute atomic E-state index is 13.9. The van der Waals surface area contributed by atoms with Crippen LogP contribution >= 0.6 is 0 Å². The van der Waals surface area contributed by atoms with Crippen molar-refractivity contribution < 1.29 is 9.18 Å². The van der Waals surface area contributed by atoms with Gasteiger partial charge in [0.25, 0.3) is 5.91 Å². The van der Waals surface area contributed by atoms with Crippen molar-refractivity contribution in [2.75, 3.05) is 26.2 Å². The van der Waals surface area contributed by atoms with Gasteiger partial charge in [-0.1, -0.05) is 0 Å². The molecule has 40 heavy (non-hydrogen) atoms. The number of hydrogen-bond donors (Lipinski definition) is 1. The highest BCUT2D eigenvalue weighted by Gasteiger charge is 2.48. The lowest BCUT2D eigenvalue weighted by molar-refractivity contribution is -0.0412. The minimum atomic E-state index is -0.598. The van der Waals surface area contributed by atoms with Crippen LogP contribution in [0.5, 0.6) is 0 Å². The third-order valence-corrected chi connectivity index (χ3v) is 8.01. The number of aromatic amines is 1. The second-order valence-electron chi connectivity index (χ2n) is 10.4. The molecule has 2 fully saturated rings. The van der Waals surface area contributed by atoms with Crippen LogP contribution in [0.25, 0.3) is 22.2 Å². The fourth-order valence-corrected chi connectivity index (χ4v) is 5.96. The molecule has 0 aliphatic carbocycles. The lowest BCUT2D eigenvalue weighted by Gasteiger charge is -2.53. The molecule has 198 valence electrons. The first kappa shape index (κ1) is 25.2. The number of nitrogens with one attached hydrogen (secondary N) is 1. The van der Waals surface area contributed by atoms with E-state index in [9.17, 15) is 19.7 Å². The van der Waals surface area contributed by atoms with E-state index in [1.54, 1.807) is 23.5 Å². The van der Waals surface area contributed by atoms with Crippen molar-refractivity contribution >= 4 is 16.9 Å². The Morgan fingerprint density at radius 3 is 2.65 bits per heavy atom. The quantitative estimate of drug-likeness (QED) is 0.414. The predicted molar refractivity (Wildman–Crippen MR) is 142 cm³/mol. The Bertz CT molecular complexity index is 1740. The molecule has 0 saturated carbocycles. The predicted octanol–water partition coefficient (Wildman–Crippen LogP) is 3.54. The molecule has 11 heteroatoms. The molecule has 0 spiro atoms. The number of fused-ring (bicyclic) bond motifs is 1. The van der Waals surface area contributed by atoms with Gasteiger partial charge in [0, 0.05) is 72.9 Å². The van der Waals surface area contributed by atoms with Gasteiger partial charge in [0.1, 0.15) is 23.1 Å². The maximum atomic E-state index is 13.9. The second-order valence-corrected chi connectivity index (χ2v) is 10.4. The van der Waals surface area contributed by atoms with Gasteiger partial charge >= 0.3 is 0 Å². The minimum absolute atomic E-state index is 0.125. The van der Waals surface area contributed by atoms with E-state index in [-0.39, 0.29) is 23.1 Å². The number of rotatable bonds is 5. The number of carbonyl (C=O) groups excluding carboxylic acids is 1. The Hall–Kier alpha value is -5.05. The van der Waals surface area contributed by atoms with Gasteiger partial charge < -0.3 is 9.88 Å². The molecule has 6 rings (SSSR count). The van der Waals surface area contributed by atoms with E-state index in [2.05, 4.69) is 32.1 Å². The molecular weight excluding hydrogens is 509 g/mol. The zero-order chi connectivity index (χ0) is 27.9. The summed E-state index contributed by atoms with van der Waals surface area (Å²) in [6.07, 6.45) is 8.79. The number of aromatic nitrogens is 4. The van der Waals surface area contributed by atoms with Crippen molar-refractivity contribution in [3.8, 4) is 29.3 Å². The molecule has 5 heterocycles. The van der Waals surface area contributed by atoms with Crippen LogP contribution in [0, 0.1) is 39.8 Å². The van der Waals surface area contributed by atoms with Gasteiger partial charge in [-0.3, -0.25) is 14.4 Å². The average Bonchev–Trinajstić information content (AvgIpc) is 3.64. The first-order valence-electron chi connectivity index (χ1n) is 13.0. The van der Waals surface area contributed by atoms with Crippen molar-refractivity contribution in [3.05, 3.63) is 71.6 Å². The van der Waals surface area contributed by atoms with Gasteiger partial charge in [-0.15, -0.1) is 0 Å². The Morgan fingerprint density at radius 2 is 1.93 bits per heavy atom. The standard InChI is InChI=1S/C29H24FN9O/c30-23-10-19(12-32)9-20(11-23)28(40)37-7-2-24(3-8-37)38-17-29(18-38,4-5-31)39-16-22(15-36-39)26-21(13-33)14-35-27-25(26)1-6-34-27/h1,6,9-11,14-16,24H,2-4,7-8,17-18H2,(H,34,35). The monoisotopic (exact) mass is 533 g/mol. The number of nitriles is 3. The first-order valence-corrected chi connectivity index (χ1v) is 13.0. The van der Waals surface area contributed by atoms with Crippen LogP contribution in [0.2, 0.25) is 0 Å². The van der Waals surface area contributed by atoms with Crippen LogP contribution in [0.15, 0.2) is 49.1 Å². The van der Waals surface area contributed by atoms with Crippen molar-refractivity contribution in [2.45, 2.75) is 30.8 Å². The molecule has 0 radical (unpaired) electrons. The number of carbonyl (C=O) groups is 1. The van der Waals surface area contributed by atoms with Crippen LogP contribution in [0.4, 0.5) is 4.39 Å². The maximum Gasteiger partial charge on any atom is 0.254 e. The summed E-state index contributed by atoms with van der Waals surface area (Å²) >= 11 is 0. The molecule has 2 saturated heterocycles. The average molecular weight is 534 g/mol. The van der Waals surface area contributed by atoms with Crippen LogP contribution < -0.4 is 0 Å². The number of likely N-dealkylation sites (tertiary alicyclic amines) is 2. The number of H-pyrrole nitrogens is 1. The van der Waals surface area contributed by atoms with E-state index in [0.29, 0.717) is 43.8 Å². The summed E-state index contributed by atoms with van der Waals surface area (Å²) in [5, 5.41) is 33.9. The van der Waals surface area contributed by atoms with E-state index < -0.39 is 11.4 Å². The van der Waals surface area contributed by atoms with Crippen molar-refractivity contribution in [3.63, 3.8) is 0 Å². The van der Waals surface area contributed by atoms with Crippen LogP contribution in [0.3, 0.4) is 0 Å². The third-order valence-electron chi connectivity index (χ3n) is 8.01. The van der Waals surface area contributed by atoms with Crippen molar-refractivity contribution in [1.82, 2.24) is 29.5 Å². The van der Waals surface area contributed by atoms with E-state index in [0.717, 1.165) is 35.4 Å². The topological polar surface area (TPSA) is 141 Å². The molecule has 0 unspecified atom stereocenters. The third kappa shape index (κ3) is 4.25. The molecule has 3 aromatic heterocycles. The number of hydrogen-bond acceptors (Lipinski definition) is 7. The first-order chi connectivity index (χ1) is 19.4. The number of pyridine rings is 1. The van der Waals surface area contributed by atoms with Gasteiger partial charge in [-0.25, -0.2) is 9.37 Å². The van der Waals surface area contributed by atoms with E-state index >= 15 is 0 Å². The van der Waals surface area contributed by atoms with Crippen molar-refractivity contribution in [2.24, 2.45) is 0 Å². The summed E-state index contributed by atoms with van der Waals surface area (Å²) in [5.74, 6) is -0.871. The van der Waals surface area contributed by atoms with E-state index in [1.165, 1.54) is 12.1 Å². The number of amides is 1. The molecule has 1 aromatic carbocycles. The van der Waals surface area contributed by atoms with Crippen molar-refractivity contribution in [1.29, 1.82) is 15.8 Å². The van der Waals surface area contributed by atoms with Gasteiger partial charge in [0.05, 0.1) is 35.9 Å². The fraction of sp³-hybridized carbons (Fsp3) is 0.310. The number of benzene rings is 1. The molecule has 0 bridgehead atoms. The highest BCUT2D eigenvalue weighted by molar-refractivity contribution is 5.96. The van der Waals surface area contributed by atoms with Gasteiger partial charge in [-0.2, -0.15) is 20.9 Å². The minimum Gasteiger partial charge on any atom is -0.346 e. The number of halogens is 1. The van der Waals surface area contributed by atoms with Crippen LogP contribution in [-0.2, 0) is 5.54 Å². The van der Waals surface area contributed by atoms with E-state index in [4.69, 9.17) is 5.26 Å². The van der Waals surface area contributed by atoms with Crippen LogP contribution in [-0.4, -0.2) is 67.7 Å². The zero-order valence-electron chi connectivity index (χ0n) is 21.5. The normalized spacial score (nSPS) is 17.1. The number of nitrogens with zero attached hydrogens (tertiary/aromatic N) is 8. The molecule has 1 N–H and O–H groups in total.